The SMILES string of the molecule is O=C(O)C=CNC(=O)[C@@H](O)C1(CO)CCCC1. The van der Waals surface area contributed by atoms with E-state index in [-0.39, 0.29) is 6.61 Å². The van der Waals surface area contributed by atoms with Gasteiger partial charge in [-0.3, -0.25) is 4.79 Å². The molecule has 0 unspecified atom stereocenters. The first-order chi connectivity index (χ1) is 8.02. The lowest BCUT2D eigenvalue weighted by molar-refractivity contribution is -0.137. The molecule has 1 amide bonds. The molecule has 0 saturated heterocycles. The zero-order valence-corrected chi connectivity index (χ0v) is 9.43. The number of carbonyl (C=O) groups is 2. The van der Waals surface area contributed by atoms with Crippen LogP contribution in [0.3, 0.4) is 0 Å². The second kappa shape index (κ2) is 5.79. The van der Waals surface area contributed by atoms with Crippen molar-refractivity contribution >= 4 is 11.9 Å². The summed E-state index contributed by atoms with van der Waals surface area (Å²) >= 11 is 0. The quantitative estimate of drug-likeness (QED) is 0.492. The van der Waals surface area contributed by atoms with E-state index in [4.69, 9.17) is 5.11 Å². The third-order valence-corrected chi connectivity index (χ3v) is 3.19. The Balaban J connectivity index is 2.59. The third-order valence-electron chi connectivity index (χ3n) is 3.19. The van der Waals surface area contributed by atoms with Gasteiger partial charge in [0.2, 0.25) is 0 Å². The Morgan fingerprint density at radius 3 is 2.41 bits per heavy atom. The summed E-state index contributed by atoms with van der Waals surface area (Å²) in [6.45, 7) is -0.246. The predicted octanol–water partition coefficient (Wildman–Crippen LogP) is -0.386. The maximum Gasteiger partial charge on any atom is 0.329 e. The summed E-state index contributed by atoms with van der Waals surface area (Å²) in [4.78, 5) is 21.7. The Morgan fingerprint density at radius 1 is 1.35 bits per heavy atom. The van der Waals surface area contributed by atoms with Gasteiger partial charge in [0.25, 0.3) is 5.91 Å². The lowest BCUT2D eigenvalue weighted by Gasteiger charge is -2.30. The first kappa shape index (κ1) is 13.7. The summed E-state index contributed by atoms with van der Waals surface area (Å²) in [6, 6.07) is 0. The van der Waals surface area contributed by atoms with Crippen molar-refractivity contribution in [3.63, 3.8) is 0 Å². The molecule has 0 aromatic rings. The molecule has 0 bridgehead atoms. The number of nitrogens with one attached hydrogen (secondary N) is 1. The molecule has 6 heteroatoms. The highest BCUT2D eigenvalue weighted by molar-refractivity contribution is 5.84. The van der Waals surface area contributed by atoms with Crippen LogP contribution < -0.4 is 5.32 Å². The van der Waals surface area contributed by atoms with E-state index in [9.17, 15) is 19.8 Å². The van der Waals surface area contributed by atoms with Crippen LogP contribution in [0.2, 0.25) is 0 Å². The number of hydrogen-bond acceptors (Lipinski definition) is 4. The molecule has 1 saturated carbocycles. The Morgan fingerprint density at radius 2 is 1.94 bits per heavy atom. The fourth-order valence-electron chi connectivity index (χ4n) is 2.15. The van der Waals surface area contributed by atoms with Crippen molar-refractivity contribution in [2.45, 2.75) is 31.8 Å². The summed E-state index contributed by atoms with van der Waals surface area (Å²) in [7, 11) is 0. The number of aliphatic hydroxyl groups is 2. The van der Waals surface area contributed by atoms with Crippen LogP contribution in [-0.2, 0) is 9.59 Å². The molecule has 0 heterocycles. The minimum absolute atomic E-state index is 0.246. The van der Waals surface area contributed by atoms with Crippen LogP contribution in [0.25, 0.3) is 0 Å². The van der Waals surface area contributed by atoms with Crippen molar-refractivity contribution in [3.8, 4) is 0 Å². The first-order valence-corrected chi connectivity index (χ1v) is 5.50. The van der Waals surface area contributed by atoms with Crippen LogP contribution in [0.15, 0.2) is 12.3 Å². The number of rotatable bonds is 5. The van der Waals surface area contributed by atoms with Gasteiger partial charge in [-0.25, -0.2) is 4.79 Å². The molecule has 1 aliphatic carbocycles. The van der Waals surface area contributed by atoms with Crippen LogP contribution >= 0.6 is 0 Å². The van der Waals surface area contributed by atoms with Gasteiger partial charge in [-0.2, -0.15) is 0 Å². The van der Waals surface area contributed by atoms with Gasteiger partial charge in [0.15, 0.2) is 0 Å². The molecule has 0 aliphatic heterocycles. The maximum absolute atomic E-state index is 11.6. The molecular weight excluding hydrogens is 226 g/mol. The normalized spacial score (nSPS) is 20.4. The van der Waals surface area contributed by atoms with Gasteiger partial charge < -0.3 is 20.6 Å². The average molecular weight is 243 g/mol. The second-order valence-corrected chi connectivity index (χ2v) is 4.31. The number of hydrogen-bond donors (Lipinski definition) is 4. The number of carboxylic acid groups (broad SMARTS) is 1. The Bertz CT molecular complexity index is 320. The molecule has 0 spiro atoms. The molecule has 0 aromatic carbocycles. The van der Waals surface area contributed by atoms with Crippen molar-refractivity contribution in [2.24, 2.45) is 5.41 Å². The van der Waals surface area contributed by atoms with Crippen LogP contribution in [0.1, 0.15) is 25.7 Å². The molecular formula is C11H17NO5. The molecule has 1 aliphatic rings. The summed E-state index contributed by atoms with van der Waals surface area (Å²) in [5, 5.41) is 29.7. The van der Waals surface area contributed by atoms with E-state index in [1.165, 1.54) is 0 Å². The summed E-state index contributed by atoms with van der Waals surface area (Å²) in [6.07, 6.45) is 3.36. The lowest BCUT2D eigenvalue weighted by Crippen LogP contribution is -2.46. The molecule has 96 valence electrons. The Kier molecular flexibility index (Phi) is 4.65. The second-order valence-electron chi connectivity index (χ2n) is 4.31. The minimum Gasteiger partial charge on any atom is -0.478 e. The molecule has 1 rings (SSSR count). The van der Waals surface area contributed by atoms with Gasteiger partial charge in [-0.05, 0) is 12.8 Å². The van der Waals surface area contributed by atoms with Crippen LogP contribution in [0.4, 0.5) is 0 Å². The Labute approximate surface area is 98.9 Å². The number of aliphatic hydroxyl groups excluding tert-OH is 2. The molecule has 17 heavy (non-hydrogen) atoms. The Hall–Kier alpha value is -1.40. The number of amides is 1. The first-order valence-electron chi connectivity index (χ1n) is 5.50. The summed E-state index contributed by atoms with van der Waals surface area (Å²) in [5.41, 5.74) is -0.777. The van der Waals surface area contributed by atoms with E-state index in [0.717, 1.165) is 25.1 Å². The topological polar surface area (TPSA) is 107 Å². The van der Waals surface area contributed by atoms with E-state index in [1.54, 1.807) is 0 Å². The highest BCUT2D eigenvalue weighted by atomic mass is 16.4. The van der Waals surface area contributed by atoms with Gasteiger partial charge in [-0.1, -0.05) is 12.8 Å². The monoisotopic (exact) mass is 243 g/mol. The molecule has 4 N–H and O–H groups in total. The van der Waals surface area contributed by atoms with Gasteiger partial charge in [0.1, 0.15) is 6.10 Å². The molecule has 6 nitrogen and oxygen atoms in total. The molecule has 1 atom stereocenters. The third kappa shape index (κ3) is 3.28. The number of aliphatic carboxylic acids is 1. The number of carbonyl (C=O) groups excluding carboxylic acids is 1. The summed E-state index contributed by atoms with van der Waals surface area (Å²) in [5.74, 6) is -1.86. The van der Waals surface area contributed by atoms with Crippen molar-refractivity contribution in [3.05, 3.63) is 12.3 Å². The van der Waals surface area contributed by atoms with Crippen LogP contribution in [0.5, 0.6) is 0 Å². The molecule has 1 fully saturated rings. The van der Waals surface area contributed by atoms with E-state index in [2.05, 4.69) is 5.32 Å². The number of carboxylic acids is 1. The van der Waals surface area contributed by atoms with Gasteiger partial charge in [0, 0.05) is 17.7 Å². The minimum atomic E-state index is -1.31. The standard InChI is InChI=1S/C11H17NO5/c13-7-11(4-1-2-5-11)9(16)10(17)12-6-3-8(14)15/h3,6,9,13,16H,1-2,4-5,7H2,(H,12,17)(H,14,15)/t9-/m1/s1. The van der Waals surface area contributed by atoms with Gasteiger partial charge >= 0.3 is 5.97 Å². The molecule has 0 aromatic heterocycles. The van der Waals surface area contributed by atoms with Gasteiger partial charge in [-0.15, -0.1) is 0 Å². The van der Waals surface area contributed by atoms with Crippen molar-refractivity contribution in [1.82, 2.24) is 5.32 Å². The summed E-state index contributed by atoms with van der Waals surface area (Å²) < 4.78 is 0. The van der Waals surface area contributed by atoms with Crippen molar-refractivity contribution in [2.75, 3.05) is 6.61 Å². The van der Waals surface area contributed by atoms with E-state index < -0.39 is 23.4 Å². The average Bonchev–Trinajstić information content (AvgIpc) is 2.77. The fourth-order valence-corrected chi connectivity index (χ4v) is 2.15. The zero-order chi connectivity index (χ0) is 12.9. The van der Waals surface area contributed by atoms with E-state index >= 15 is 0 Å². The zero-order valence-electron chi connectivity index (χ0n) is 9.43. The highest BCUT2D eigenvalue weighted by Gasteiger charge is 2.43. The van der Waals surface area contributed by atoms with Crippen LogP contribution in [0, 0.1) is 5.41 Å². The van der Waals surface area contributed by atoms with Crippen molar-refractivity contribution < 1.29 is 24.9 Å². The smallest absolute Gasteiger partial charge is 0.329 e. The maximum atomic E-state index is 11.6. The van der Waals surface area contributed by atoms with Crippen molar-refractivity contribution in [1.29, 1.82) is 0 Å². The fraction of sp³-hybridized carbons (Fsp3) is 0.636. The lowest BCUT2D eigenvalue weighted by atomic mass is 9.80. The predicted molar refractivity (Wildman–Crippen MR) is 58.9 cm³/mol. The van der Waals surface area contributed by atoms with E-state index in [0.29, 0.717) is 12.8 Å². The van der Waals surface area contributed by atoms with Gasteiger partial charge in [0.05, 0.1) is 6.61 Å². The highest BCUT2D eigenvalue weighted by Crippen LogP contribution is 2.40. The largest absolute Gasteiger partial charge is 0.478 e. The molecule has 0 radical (unpaired) electrons. The van der Waals surface area contributed by atoms with Crippen LogP contribution in [-0.4, -0.2) is 39.9 Å². The van der Waals surface area contributed by atoms with E-state index in [1.807, 2.05) is 0 Å².